The molecule has 2 unspecified atom stereocenters. The van der Waals surface area contributed by atoms with E-state index in [2.05, 4.69) is 16.8 Å². The SMILES string of the molecule is Cc1cc(/C=C/C(=O)N2CC3CN(C)CC(C2)N3Cc2ccc(F)cc2)c(N)cc1Cl. The second-order valence-electron chi connectivity index (χ2n) is 8.63. The number of likely N-dealkylation sites (N-methyl/N-ethyl adjacent to an activating group) is 1. The lowest BCUT2D eigenvalue weighted by atomic mass is 9.99. The summed E-state index contributed by atoms with van der Waals surface area (Å²) in [7, 11) is 2.12. The molecule has 0 aromatic heterocycles. The Morgan fingerprint density at radius 2 is 1.81 bits per heavy atom. The molecule has 0 spiro atoms. The van der Waals surface area contributed by atoms with Crippen molar-refractivity contribution >= 4 is 29.3 Å². The number of fused-ring (bicyclic) bond motifs is 2. The Hall–Kier alpha value is -2.41. The second kappa shape index (κ2) is 8.99. The third kappa shape index (κ3) is 4.92. The minimum atomic E-state index is -0.220. The highest BCUT2D eigenvalue weighted by Crippen LogP contribution is 2.26. The van der Waals surface area contributed by atoms with Crippen LogP contribution in [0.15, 0.2) is 42.5 Å². The van der Waals surface area contributed by atoms with E-state index in [1.807, 2.05) is 30.0 Å². The van der Waals surface area contributed by atoms with Crippen LogP contribution in [0.25, 0.3) is 6.08 Å². The van der Waals surface area contributed by atoms with Gasteiger partial charge in [-0.2, -0.15) is 0 Å². The number of hydrogen-bond acceptors (Lipinski definition) is 4. The molecule has 2 bridgehead atoms. The molecule has 1 amide bonds. The maximum atomic E-state index is 13.3. The van der Waals surface area contributed by atoms with E-state index in [4.69, 9.17) is 17.3 Å². The van der Waals surface area contributed by atoms with Crippen molar-refractivity contribution in [3.05, 3.63) is 70.0 Å². The van der Waals surface area contributed by atoms with Gasteiger partial charge in [-0.05, 0) is 61.0 Å². The van der Waals surface area contributed by atoms with Gasteiger partial charge in [0.2, 0.25) is 5.91 Å². The van der Waals surface area contributed by atoms with Crippen molar-refractivity contribution in [2.75, 3.05) is 39.0 Å². The van der Waals surface area contributed by atoms with Crippen LogP contribution in [0.2, 0.25) is 5.02 Å². The number of nitrogens with two attached hydrogens (primary N) is 1. The van der Waals surface area contributed by atoms with Crippen LogP contribution in [0, 0.1) is 12.7 Å². The lowest BCUT2D eigenvalue weighted by molar-refractivity contribution is -0.134. The van der Waals surface area contributed by atoms with E-state index in [1.54, 1.807) is 18.2 Å². The number of carbonyl (C=O) groups is 1. The van der Waals surface area contributed by atoms with Gasteiger partial charge in [-0.15, -0.1) is 0 Å². The summed E-state index contributed by atoms with van der Waals surface area (Å²) in [6, 6.07) is 10.8. The van der Waals surface area contributed by atoms with Gasteiger partial charge >= 0.3 is 0 Å². The Morgan fingerprint density at radius 3 is 2.45 bits per heavy atom. The van der Waals surface area contributed by atoms with Crippen molar-refractivity contribution in [3.8, 4) is 0 Å². The number of anilines is 1. The number of nitrogens with zero attached hydrogens (tertiary/aromatic N) is 3. The molecule has 0 aliphatic carbocycles. The number of piperazine rings is 2. The third-order valence-electron chi connectivity index (χ3n) is 6.20. The molecule has 5 nitrogen and oxygen atoms in total. The minimum absolute atomic E-state index is 0.00649. The number of aryl methyl sites for hydroxylation is 1. The van der Waals surface area contributed by atoms with Crippen LogP contribution in [-0.2, 0) is 11.3 Å². The van der Waals surface area contributed by atoms with Gasteiger partial charge in [-0.25, -0.2) is 4.39 Å². The molecule has 0 saturated carbocycles. The topological polar surface area (TPSA) is 52.8 Å². The maximum absolute atomic E-state index is 13.3. The van der Waals surface area contributed by atoms with Gasteiger partial charge < -0.3 is 15.5 Å². The summed E-state index contributed by atoms with van der Waals surface area (Å²) < 4.78 is 13.3. The number of rotatable bonds is 4. The molecule has 0 radical (unpaired) electrons. The number of carbonyl (C=O) groups excluding carboxylic acids is 1. The van der Waals surface area contributed by atoms with Crippen LogP contribution in [-0.4, -0.2) is 65.9 Å². The molecule has 2 aromatic carbocycles. The number of halogens is 2. The smallest absolute Gasteiger partial charge is 0.246 e. The predicted molar refractivity (Wildman–Crippen MR) is 123 cm³/mol. The number of nitrogen functional groups attached to an aromatic ring is 1. The van der Waals surface area contributed by atoms with E-state index in [0.717, 1.165) is 36.3 Å². The molecule has 2 aliphatic rings. The fraction of sp³-hybridized carbons (Fsp3) is 0.375. The van der Waals surface area contributed by atoms with Crippen molar-refractivity contribution < 1.29 is 9.18 Å². The van der Waals surface area contributed by atoms with Gasteiger partial charge in [-0.3, -0.25) is 9.69 Å². The molecule has 2 N–H and O–H groups in total. The average molecular weight is 443 g/mol. The third-order valence-corrected chi connectivity index (χ3v) is 6.61. The summed E-state index contributed by atoms with van der Waals surface area (Å²) in [5.74, 6) is -0.226. The first-order valence-corrected chi connectivity index (χ1v) is 10.9. The quantitative estimate of drug-likeness (QED) is 0.582. The van der Waals surface area contributed by atoms with Crippen LogP contribution in [0.5, 0.6) is 0 Å². The van der Waals surface area contributed by atoms with Gasteiger partial charge in [0.05, 0.1) is 0 Å². The van der Waals surface area contributed by atoms with Crippen LogP contribution in [0.4, 0.5) is 10.1 Å². The van der Waals surface area contributed by atoms with Gasteiger partial charge in [-0.1, -0.05) is 23.7 Å². The van der Waals surface area contributed by atoms with E-state index in [0.29, 0.717) is 23.8 Å². The normalized spacial score (nSPS) is 22.3. The van der Waals surface area contributed by atoms with Crippen LogP contribution < -0.4 is 5.73 Å². The molecule has 164 valence electrons. The molecule has 2 aromatic rings. The van der Waals surface area contributed by atoms with E-state index < -0.39 is 0 Å². The molecule has 4 rings (SSSR count). The summed E-state index contributed by atoms with van der Waals surface area (Å²) in [5, 5.41) is 0.621. The van der Waals surface area contributed by atoms with Crippen molar-refractivity contribution in [2.24, 2.45) is 0 Å². The predicted octanol–water partition coefficient (Wildman–Crippen LogP) is 3.41. The fourth-order valence-electron chi connectivity index (χ4n) is 4.58. The Labute approximate surface area is 187 Å². The Morgan fingerprint density at radius 1 is 1.16 bits per heavy atom. The molecule has 31 heavy (non-hydrogen) atoms. The zero-order valence-electron chi connectivity index (χ0n) is 17.9. The molecule has 2 fully saturated rings. The highest BCUT2D eigenvalue weighted by Gasteiger charge is 2.40. The molecule has 7 heteroatoms. The summed E-state index contributed by atoms with van der Waals surface area (Å²) >= 11 is 6.11. The monoisotopic (exact) mass is 442 g/mol. The Bertz CT molecular complexity index is 978. The number of benzene rings is 2. The van der Waals surface area contributed by atoms with E-state index in [-0.39, 0.29) is 23.8 Å². The van der Waals surface area contributed by atoms with E-state index in [1.165, 1.54) is 12.1 Å². The summed E-state index contributed by atoms with van der Waals surface area (Å²) in [4.78, 5) is 19.7. The van der Waals surface area contributed by atoms with Crippen LogP contribution in [0.3, 0.4) is 0 Å². The average Bonchev–Trinajstić information content (AvgIpc) is 2.71. The van der Waals surface area contributed by atoms with E-state index in [9.17, 15) is 9.18 Å². The number of hydrogen-bond donors (Lipinski definition) is 1. The first-order valence-electron chi connectivity index (χ1n) is 10.5. The highest BCUT2D eigenvalue weighted by molar-refractivity contribution is 6.31. The van der Waals surface area contributed by atoms with Crippen molar-refractivity contribution in [1.82, 2.24) is 14.7 Å². The molecular weight excluding hydrogens is 415 g/mol. The number of amides is 1. The van der Waals surface area contributed by atoms with Gasteiger partial charge in [0.1, 0.15) is 5.82 Å². The van der Waals surface area contributed by atoms with Crippen molar-refractivity contribution in [1.29, 1.82) is 0 Å². The highest BCUT2D eigenvalue weighted by atomic mass is 35.5. The Kier molecular flexibility index (Phi) is 6.32. The Balaban J connectivity index is 1.46. The zero-order chi connectivity index (χ0) is 22.1. The maximum Gasteiger partial charge on any atom is 0.246 e. The molecule has 2 saturated heterocycles. The minimum Gasteiger partial charge on any atom is -0.398 e. The summed E-state index contributed by atoms with van der Waals surface area (Å²) in [6.45, 7) is 5.81. The molecular formula is C24H28ClFN4O. The van der Waals surface area contributed by atoms with Crippen LogP contribution >= 0.6 is 11.6 Å². The summed E-state index contributed by atoms with van der Waals surface area (Å²) in [5.41, 5.74) is 9.42. The fourth-order valence-corrected chi connectivity index (χ4v) is 4.75. The van der Waals surface area contributed by atoms with Gasteiger partial charge in [0.15, 0.2) is 0 Å². The lowest BCUT2D eigenvalue weighted by Gasteiger charge is -2.52. The van der Waals surface area contributed by atoms with E-state index >= 15 is 0 Å². The summed E-state index contributed by atoms with van der Waals surface area (Å²) in [6.07, 6.45) is 3.38. The van der Waals surface area contributed by atoms with Gasteiger partial charge in [0, 0.05) is 61.6 Å². The van der Waals surface area contributed by atoms with Crippen molar-refractivity contribution in [2.45, 2.75) is 25.6 Å². The first-order chi connectivity index (χ1) is 14.8. The second-order valence-corrected chi connectivity index (χ2v) is 9.04. The van der Waals surface area contributed by atoms with Crippen molar-refractivity contribution in [3.63, 3.8) is 0 Å². The molecule has 2 atom stereocenters. The zero-order valence-corrected chi connectivity index (χ0v) is 18.6. The molecule has 2 heterocycles. The lowest BCUT2D eigenvalue weighted by Crippen LogP contribution is -2.68. The first kappa shape index (κ1) is 21.8. The standard InChI is InChI=1S/C24H28ClFN4O/c1-16-9-18(23(27)10-22(16)25)5-8-24(31)29-14-20-12-28(2)13-21(15-29)30(20)11-17-3-6-19(26)7-4-17/h3-10,20-21H,11-15,27H2,1-2H3/b8-5+. The van der Waals surface area contributed by atoms with Gasteiger partial charge in [0.25, 0.3) is 0 Å². The van der Waals surface area contributed by atoms with Crippen LogP contribution in [0.1, 0.15) is 16.7 Å². The molecule has 2 aliphatic heterocycles. The largest absolute Gasteiger partial charge is 0.398 e.